The van der Waals surface area contributed by atoms with Crippen LogP contribution in [0.4, 0.5) is 0 Å². The van der Waals surface area contributed by atoms with Crippen LogP contribution < -0.4 is 5.32 Å². The lowest BCUT2D eigenvalue weighted by Crippen LogP contribution is -2.50. The van der Waals surface area contributed by atoms with E-state index in [2.05, 4.69) is 10.3 Å². The van der Waals surface area contributed by atoms with Crippen molar-refractivity contribution in [1.29, 1.82) is 0 Å². The van der Waals surface area contributed by atoms with Crippen LogP contribution in [0.2, 0.25) is 5.02 Å². The molecule has 0 saturated carbocycles. The molecule has 4 rings (SSSR count). The summed E-state index contributed by atoms with van der Waals surface area (Å²) in [5, 5.41) is 3.64. The molecule has 1 aromatic heterocycles. The van der Waals surface area contributed by atoms with Gasteiger partial charge < -0.3 is 10.2 Å². The molecule has 0 fully saturated rings. The molecule has 6 heteroatoms. The molecule has 4 aromatic rings. The van der Waals surface area contributed by atoms with Crippen LogP contribution in [0.25, 0.3) is 0 Å². The molecule has 36 heavy (non-hydrogen) atoms. The Morgan fingerprint density at radius 3 is 2.06 bits per heavy atom. The van der Waals surface area contributed by atoms with Gasteiger partial charge in [0.2, 0.25) is 11.8 Å². The first-order chi connectivity index (χ1) is 17.6. The largest absolute Gasteiger partial charge is 0.350 e. The minimum absolute atomic E-state index is 0.126. The third kappa shape index (κ3) is 7.27. The predicted octanol–water partition coefficient (Wildman–Crippen LogP) is 5.23. The van der Waals surface area contributed by atoms with Crippen molar-refractivity contribution in [3.63, 3.8) is 0 Å². The van der Waals surface area contributed by atoms with Gasteiger partial charge in [-0.2, -0.15) is 0 Å². The summed E-state index contributed by atoms with van der Waals surface area (Å²) in [7, 11) is 0. The maximum atomic E-state index is 13.7. The van der Waals surface area contributed by atoms with Gasteiger partial charge in [-0.3, -0.25) is 14.6 Å². The lowest BCUT2D eigenvalue weighted by Gasteiger charge is -2.31. The van der Waals surface area contributed by atoms with E-state index in [9.17, 15) is 9.59 Å². The molecular formula is C30H28ClN3O2. The van der Waals surface area contributed by atoms with E-state index in [1.54, 1.807) is 29.4 Å². The molecule has 0 unspecified atom stereocenters. The van der Waals surface area contributed by atoms with Gasteiger partial charge in [-0.1, -0.05) is 90.5 Å². The Bertz CT molecular complexity index is 1250. The number of benzene rings is 3. The summed E-state index contributed by atoms with van der Waals surface area (Å²) in [6, 6.07) is 29.8. The fraction of sp³-hybridized carbons (Fsp3) is 0.167. The second-order valence-electron chi connectivity index (χ2n) is 8.60. The molecule has 3 aromatic carbocycles. The second kappa shape index (κ2) is 12.7. The molecule has 1 atom stereocenters. The van der Waals surface area contributed by atoms with Gasteiger partial charge in [-0.05, 0) is 40.5 Å². The number of rotatable bonds is 10. The zero-order valence-corrected chi connectivity index (χ0v) is 20.6. The quantitative estimate of drug-likeness (QED) is 0.326. The minimum atomic E-state index is -0.691. The first-order valence-electron chi connectivity index (χ1n) is 11.9. The van der Waals surface area contributed by atoms with Crippen molar-refractivity contribution in [2.75, 3.05) is 0 Å². The number of hydrogen-bond donors (Lipinski definition) is 1. The normalized spacial score (nSPS) is 11.5. The third-order valence-corrected chi connectivity index (χ3v) is 6.18. The molecule has 0 aliphatic rings. The van der Waals surface area contributed by atoms with Crippen LogP contribution >= 0.6 is 11.6 Å². The van der Waals surface area contributed by atoms with Crippen LogP contribution in [-0.4, -0.2) is 27.7 Å². The predicted molar refractivity (Wildman–Crippen MR) is 142 cm³/mol. The van der Waals surface area contributed by atoms with Gasteiger partial charge in [0.05, 0.1) is 6.42 Å². The van der Waals surface area contributed by atoms with Crippen molar-refractivity contribution < 1.29 is 9.59 Å². The van der Waals surface area contributed by atoms with E-state index in [0.29, 0.717) is 24.5 Å². The van der Waals surface area contributed by atoms with Crippen molar-refractivity contribution in [2.45, 2.75) is 32.0 Å². The van der Waals surface area contributed by atoms with Gasteiger partial charge in [0.1, 0.15) is 6.04 Å². The van der Waals surface area contributed by atoms with Gasteiger partial charge in [0, 0.05) is 36.9 Å². The molecule has 2 amide bonds. The van der Waals surface area contributed by atoms with Gasteiger partial charge in [-0.25, -0.2) is 0 Å². The number of nitrogens with zero attached hydrogens (tertiary/aromatic N) is 2. The highest BCUT2D eigenvalue weighted by atomic mass is 35.5. The number of halogens is 1. The SMILES string of the molecule is O=C(NCc1cccnc1)[C@H](Cc1ccccc1)N(Cc1ccccc1)C(=O)Cc1ccc(Cl)cc1. The molecular weight excluding hydrogens is 470 g/mol. The Morgan fingerprint density at radius 1 is 0.778 bits per heavy atom. The molecule has 0 spiro atoms. The number of carbonyl (C=O) groups is 2. The van der Waals surface area contributed by atoms with E-state index in [1.807, 2.05) is 84.9 Å². The summed E-state index contributed by atoms with van der Waals surface area (Å²) in [4.78, 5) is 33.1. The lowest BCUT2D eigenvalue weighted by atomic mass is 10.0. The zero-order valence-electron chi connectivity index (χ0n) is 19.9. The number of pyridine rings is 1. The molecule has 182 valence electrons. The van der Waals surface area contributed by atoms with Gasteiger partial charge in [0.25, 0.3) is 0 Å². The van der Waals surface area contributed by atoms with Crippen LogP contribution in [0.3, 0.4) is 0 Å². The van der Waals surface area contributed by atoms with Crippen molar-refractivity contribution in [2.24, 2.45) is 0 Å². The van der Waals surface area contributed by atoms with E-state index in [4.69, 9.17) is 11.6 Å². The average Bonchev–Trinajstić information content (AvgIpc) is 2.92. The van der Waals surface area contributed by atoms with Crippen molar-refractivity contribution in [3.8, 4) is 0 Å². The maximum Gasteiger partial charge on any atom is 0.243 e. The zero-order chi connectivity index (χ0) is 25.2. The molecule has 0 bridgehead atoms. The highest BCUT2D eigenvalue weighted by Gasteiger charge is 2.30. The highest BCUT2D eigenvalue weighted by molar-refractivity contribution is 6.30. The fourth-order valence-electron chi connectivity index (χ4n) is 4.02. The number of aromatic nitrogens is 1. The van der Waals surface area contributed by atoms with Gasteiger partial charge >= 0.3 is 0 Å². The monoisotopic (exact) mass is 497 g/mol. The lowest BCUT2D eigenvalue weighted by molar-refractivity contribution is -0.140. The molecule has 0 aliphatic heterocycles. The Kier molecular flexibility index (Phi) is 8.84. The van der Waals surface area contributed by atoms with Crippen LogP contribution in [0.1, 0.15) is 22.3 Å². The van der Waals surface area contributed by atoms with E-state index in [1.165, 1.54) is 0 Å². The van der Waals surface area contributed by atoms with Gasteiger partial charge in [0.15, 0.2) is 0 Å². The number of amides is 2. The summed E-state index contributed by atoms with van der Waals surface area (Å²) in [5.41, 5.74) is 3.68. The smallest absolute Gasteiger partial charge is 0.243 e. The molecule has 1 N–H and O–H groups in total. The van der Waals surface area contributed by atoms with Crippen molar-refractivity contribution >= 4 is 23.4 Å². The van der Waals surface area contributed by atoms with Crippen LogP contribution in [-0.2, 0) is 35.5 Å². The molecule has 1 heterocycles. The molecule has 0 aliphatic carbocycles. The standard InChI is InChI=1S/C30H28ClN3O2/c31-27-15-13-24(14-16-27)19-29(35)34(22-25-10-5-2-6-11-25)28(18-23-8-3-1-4-9-23)30(36)33-21-26-12-7-17-32-20-26/h1-17,20,28H,18-19,21-22H2,(H,33,36)/t28-/m0/s1. The topological polar surface area (TPSA) is 62.3 Å². The first-order valence-corrected chi connectivity index (χ1v) is 12.2. The van der Waals surface area contributed by atoms with E-state index >= 15 is 0 Å². The average molecular weight is 498 g/mol. The summed E-state index contributed by atoms with van der Waals surface area (Å²) in [6.07, 6.45) is 3.99. The Balaban J connectivity index is 1.63. The van der Waals surface area contributed by atoms with Crippen molar-refractivity contribution in [3.05, 3.63) is 137 Å². The second-order valence-corrected chi connectivity index (χ2v) is 9.03. The third-order valence-electron chi connectivity index (χ3n) is 5.92. The van der Waals surface area contributed by atoms with E-state index < -0.39 is 6.04 Å². The van der Waals surface area contributed by atoms with E-state index in [0.717, 1.165) is 22.3 Å². The highest BCUT2D eigenvalue weighted by Crippen LogP contribution is 2.18. The fourth-order valence-corrected chi connectivity index (χ4v) is 4.15. The first kappa shape index (κ1) is 25.1. The summed E-state index contributed by atoms with van der Waals surface area (Å²) in [5.74, 6) is -0.332. The van der Waals surface area contributed by atoms with Gasteiger partial charge in [-0.15, -0.1) is 0 Å². The molecule has 0 saturated heterocycles. The Hall–Kier alpha value is -3.96. The summed E-state index contributed by atoms with van der Waals surface area (Å²) >= 11 is 6.03. The minimum Gasteiger partial charge on any atom is -0.350 e. The van der Waals surface area contributed by atoms with Crippen LogP contribution in [0.5, 0.6) is 0 Å². The number of nitrogens with one attached hydrogen (secondary N) is 1. The van der Waals surface area contributed by atoms with E-state index in [-0.39, 0.29) is 18.2 Å². The van der Waals surface area contributed by atoms with Crippen LogP contribution in [0.15, 0.2) is 109 Å². The van der Waals surface area contributed by atoms with Crippen LogP contribution in [0, 0.1) is 0 Å². The summed E-state index contributed by atoms with van der Waals surface area (Å²) < 4.78 is 0. The number of hydrogen-bond acceptors (Lipinski definition) is 3. The summed E-state index contributed by atoms with van der Waals surface area (Å²) in [6.45, 7) is 0.660. The number of carbonyl (C=O) groups excluding carboxylic acids is 2. The van der Waals surface area contributed by atoms with Crippen molar-refractivity contribution in [1.82, 2.24) is 15.2 Å². The Morgan fingerprint density at radius 2 is 1.42 bits per heavy atom. The molecule has 5 nitrogen and oxygen atoms in total. The maximum absolute atomic E-state index is 13.7. The Labute approximate surface area is 216 Å². The molecule has 0 radical (unpaired) electrons.